The van der Waals surface area contributed by atoms with Gasteiger partial charge in [-0.2, -0.15) is 0 Å². The van der Waals surface area contributed by atoms with Crippen molar-refractivity contribution in [2.45, 2.75) is 44.8 Å². The summed E-state index contributed by atoms with van der Waals surface area (Å²) in [5.74, 6) is 1.09. The molecule has 2 aliphatic heterocycles. The van der Waals surface area contributed by atoms with Crippen LogP contribution in [-0.2, 0) is 11.3 Å². The van der Waals surface area contributed by atoms with Gasteiger partial charge in [-0.3, -0.25) is 0 Å². The van der Waals surface area contributed by atoms with Gasteiger partial charge in [-0.15, -0.1) is 12.4 Å². The molecule has 0 aromatic heterocycles. The van der Waals surface area contributed by atoms with E-state index in [0.29, 0.717) is 11.8 Å². The Kier molecular flexibility index (Phi) is 3.72. The highest BCUT2D eigenvalue weighted by Crippen LogP contribution is 2.43. The highest BCUT2D eigenvalue weighted by atomic mass is 35.5. The fourth-order valence-electron chi connectivity index (χ4n) is 3.29. The van der Waals surface area contributed by atoms with Crippen molar-refractivity contribution in [2.75, 3.05) is 13.1 Å². The molecule has 1 N–H and O–H groups in total. The summed E-state index contributed by atoms with van der Waals surface area (Å²) in [5, 5.41) is 3.47. The number of nitrogens with one attached hydrogen (secondary N) is 1. The van der Waals surface area contributed by atoms with Crippen LogP contribution in [0.15, 0.2) is 18.2 Å². The van der Waals surface area contributed by atoms with E-state index in [4.69, 9.17) is 4.74 Å². The number of hydrogen-bond acceptors (Lipinski definition) is 2. The number of benzene rings is 1. The van der Waals surface area contributed by atoms with Crippen LogP contribution >= 0.6 is 12.4 Å². The Labute approximate surface area is 116 Å². The van der Waals surface area contributed by atoms with E-state index in [1.54, 1.807) is 0 Å². The molecular weight excluding hydrogens is 246 g/mol. The lowest BCUT2D eigenvalue weighted by atomic mass is 9.79. The number of fused-ring (bicyclic) bond motifs is 3. The second-order valence-electron chi connectivity index (χ2n) is 5.85. The van der Waals surface area contributed by atoms with Crippen LogP contribution in [0.4, 0.5) is 0 Å². The Bertz CT molecular complexity index is 446. The zero-order valence-electron chi connectivity index (χ0n) is 11.3. The summed E-state index contributed by atoms with van der Waals surface area (Å²) in [7, 11) is 0. The minimum absolute atomic E-state index is 0. The van der Waals surface area contributed by atoms with Crippen LogP contribution in [0.3, 0.4) is 0 Å². The predicted molar refractivity (Wildman–Crippen MR) is 76.6 cm³/mol. The van der Waals surface area contributed by atoms with Gasteiger partial charge < -0.3 is 10.1 Å². The zero-order chi connectivity index (χ0) is 12.0. The summed E-state index contributed by atoms with van der Waals surface area (Å²) in [6.07, 6.45) is 0. The smallest absolute Gasteiger partial charge is 0.0863 e. The maximum atomic E-state index is 6.14. The van der Waals surface area contributed by atoms with E-state index < -0.39 is 0 Å². The summed E-state index contributed by atoms with van der Waals surface area (Å²) < 4.78 is 6.14. The molecular formula is C15H22ClNO. The lowest BCUT2D eigenvalue weighted by molar-refractivity contribution is -0.0522. The molecule has 2 atom stereocenters. The molecule has 0 amide bonds. The molecule has 2 aliphatic rings. The van der Waals surface area contributed by atoms with E-state index >= 15 is 0 Å². The maximum absolute atomic E-state index is 6.14. The minimum atomic E-state index is 0. The Morgan fingerprint density at radius 2 is 2.17 bits per heavy atom. The molecule has 1 fully saturated rings. The predicted octanol–water partition coefficient (Wildman–Crippen LogP) is 3.21. The highest BCUT2D eigenvalue weighted by Gasteiger charge is 2.44. The average Bonchev–Trinajstić information content (AvgIpc) is 2.70. The first kappa shape index (κ1) is 13.9. The van der Waals surface area contributed by atoms with Crippen LogP contribution in [-0.4, -0.2) is 18.7 Å². The van der Waals surface area contributed by atoms with E-state index in [1.807, 2.05) is 0 Å². The van der Waals surface area contributed by atoms with Gasteiger partial charge in [-0.05, 0) is 29.5 Å². The molecule has 2 unspecified atom stereocenters. The average molecular weight is 268 g/mol. The van der Waals surface area contributed by atoms with Gasteiger partial charge in [0.15, 0.2) is 0 Å². The van der Waals surface area contributed by atoms with Crippen molar-refractivity contribution in [2.24, 2.45) is 0 Å². The van der Waals surface area contributed by atoms with Gasteiger partial charge in [0, 0.05) is 19.0 Å². The first-order chi connectivity index (χ1) is 8.12. The monoisotopic (exact) mass is 267 g/mol. The van der Waals surface area contributed by atoms with Crippen molar-refractivity contribution in [3.8, 4) is 0 Å². The lowest BCUT2D eigenvalue weighted by Crippen LogP contribution is -2.40. The largest absolute Gasteiger partial charge is 0.369 e. The quantitative estimate of drug-likeness (QED) is 0.844. The first-order valence-corrected chi connectivity index (χ1v) is 6.58. The first-order valence-electron chi connectivity index (χ1n) is 6.58. The minimum Gasteiger partial charge on any atom is -0.369 e. The van der Waals surface area contributed by atoms with Crippen LogP contribution in [0.1, 0.15) is 49.3 Å². The third-order valence-corrected chi connectivity index (χ3v) is 4.35. The summed E-state index contributed by atoms with van der Waals surface area (Å²) in [4.78, 5) is 0. The van der Waals surface area contributed by atoms with Crippen LogP contribution < -0.4 is 5.32 Å². The molecule has 100 valence electrons. The van der Waals surface area contributed by atoms with E-state index in [2.05, 4.69) is 44.3 Å². The molecule has 1 saturated heterocycles. The molecule has 1 aromatic carbocycles. The molecule has 0 radical (unpaired) electrons. The van der Waals surface area contributed by atoms with Crippen molar-refractivity contribution in [3.05, 3.63) is 34.9 Å². The van der Waals surface area contributed by atoms with Gasteiger partial charge in [0.1, 0.15) is 0 Å². The Hall–Kier alpha value is -0.570. The molecule has 3 rings (SSSR count). The molecule has 2 nitrogen and oxygen atoms in total. The van der Waals surface area contributed by atoms with Crippen LogP contribution in [0, 0.1) is 0 Å². The third kappa shape index (κ3) is 1.97. The fraction of sp³-hybridized carbons (Fsp3) is 0.600. The van der Waals surface area contributed by atoms with Gasteiger partial charge >= 0.3 is 0 Å². The van der Waals surface area contributed by atoms with Gasteiger partial charge in [-0.1, -0.05) is 32.0 Å². The van der Waals surface area contributed by atoms with E-state index in [1.165, 1.54) is 16.7 Å². The van der Waals surface area contributed by atoms with Gasteiger partial charge in [0.25, 0.3) is 0 Å². The fourth-order valence-corrected chi connectivity index (χ4v) is 3.29. The van der Waals surface area contributed by atoms with Gasteiger partial charge in [0.05, 0.1) is 12.2 Å². The number of hydrogen-bond donors (Lipinski definition) is 1. The SMILES string of the molecule is CC(C)c1cccc2c1COC1(C)CNCC21.Cl. The van der Waals surface area contributed by atoms with Crippen LogP contribution in [0.25, 0.3) is 0 Å². The van der Waals surface area contributed by atoms with E-state index in [0.717, 1.165) is 19.7 Å². The maximum Gasteiger partial charge on any atom is 0.0863 e. The Balaban J connectivity index is 0.00000120. The van der Waals surface area contributed by atoms with Crippen molar-refractivity contribution < 1.29 is 4.74 Å². The molecule has 3 heteroatoms. The van der Waals surface area contributed by atoms with Gasteiger partial charge in [-0.25, -0.2) is 0 Å². The molecule has 0 bridgehead atoms. The number of ether oxygens (including phenoxy) is 1. The summed E-state index contributed by atoms with van der Waals surface area (Å²) in [6.45, 7) is 9.56. The number of rotatable bonds is 1. The second kappa shape index (κ2) is 4.84. The Morgan fingerprint density at radius 1 is 1.39 bits per heavy atom. The summed E-state index contributed by atoms with van der Waals surface area (Å²) >= 11 is 0. The Morgan fingerprint density at radius 3 is 2.89 bits per heavy atom. The summed E-state index contributed by atoms with van der Waals surface area (Å²) in [6, 6.07) is 6.75. The van der Waals surface area contributed by atoms with Crippen molar-refractivity contribution >= 4 is 12.4 Å². The van der Waals surface area contributed by atoms with Crippen LogP contribution in [0.5, 0.6) is 0 Å². The zero-order valence-corrected chi connectivity index (χ0v) is 12.1. The van der Waals surface area contributed by atoms with Crippen molar-refractivity contribution in [1.29, 1.82) is 0 Å². The molecule has 0 saturated carbocycles. The molecule has 2 heterocycles. The van der Waals surface area contributed by atoms with Crippen LogP contribution in [0.2, 0.25) is 0 Å². The number of halogens is 1. The van der Waals surface area contributed by atoms with Crippen molar-refractivity contribution in [1.82, 2.24) is 5.32 Å². The molecule has 0 spiro atoms. The van der Waals surface area contributed by atoms with E-state index in [9.17, 15) is 0 Å². The molecule has 18 heavy (non-hydrogen) atoms. The lowest BCUT2D eigenvalue weighted by Gasteiger charge is -2.38. The van der Waals surface area contributed by atoms with Gasteiger partial charge in [0.2, 0.25) is 0 Å². The highest BCUT2D eigenvalue weighted by molar-refractivity contribution is 5.85. The van der Waals surface area contributed by atoms with Crippen molar-refractivity contribution in [3.63, 3.8) is 0 Å². The topological polar surface area (TPSA) is 21.3 Å². The molecule has 0 aliphatic carbocycles. The molecule has 1 aromatic rings. The second-order valence-corrected chi connectivity index (χ2v) is 5.85. The van der Waals surface area contributed by atoms with E-state index in [-0.39, 0.29) is 18.0 Å². The third-order valence-electron chi connectivity index (χ3n) is 4.35. The summed E-state index contributed by atoms with van der Waals surface area (Å²) in [5.41, 5.74) is 4.41. The normalized spacial score (nSPS) is 29.7. The standard InChI is InChI=1S/C15H21NO.ClH/c1-10(2)11-5-4-6-12-13(11)8-17-15(3)9-16-7-14(12)15;/h4-6,10,14,16H,7-9H2,1-3H3;1H.